The Morgan fingerprint density at radius 2 is 2.04 bits per heavy atom. The molecule has 0 saturated carbocycles. The molecule has 1 atom stereocenters. The van der Waals surface area contributed by atoms with Gasteiger partial charge >= 0.3 is 0 Å². The van der Waals surface area contributed by atoms with E-state index in [0.29, 0.717) is 29.6 Å². The van der Waals surface area contributed by atoms with Crippen LogP contribution in [-0.2, 0) is 16.4 Å². The molecule has 1 unspecified atom stereocenters. The lowest BCUT2D eigenvalue weighted by atomic mass is 10.3. The zero-order valence-corrected chi connectivity index (χ0v) is 15.1. The second-order valence-electron chi connectivity index (χ2n) is 5.34. The maximum absolute atomic E-state index is 12.7. The van der Waals surface area contributed by atoms with Crippen molar-refractivity contribution in [2.75, 3.05) is 20.2 Å². The summed E-state index contributed by atoms with van der Waals surface area (Å²) in [5, 5.41) is 0. The Morgan fingerprint density at radius 1 is 1.29 bits per heavy atom. The number of hydrogen-bond donors (Lipinski definition) is 0. The third-order valence-electron chi connectivity index (χ3n) is 3.79. The van der Waals surface area contributed by atoms with Crippen molar-refractivity contribution in [1.29, 1.82) is 0 Å². The smallest absolute Gasteiger partial charge is 0.278 e. The molecule has 0 radical (unpaired) electrons. The Bertz CT molecular complexity index is 807. The van der Waals surface area contributed by atoms with Gasteiger partial charge in [0, 0.05) is 23.8 Å². The van der Waals surface area contributed by atoms with Crippen molar-refractivity contribution in [3.05, 3.63) is 29.4 Å². The zero-order valence-electron chi connectivity index (χ0n) is 13.5. The number of ether oxygens (including phenoxy) is 2. The Kier molecular flexibility index (Phi) is 5.02. The van der Waals surface area contributed by atoms with E-state index in [1.54, 1.807) is 6.07 Å². The van der Waals surface area contributed by atoms with Crippen LogP contribution in [0.15, 0.2) is 28.7 Å². The fourth-order valence-electron chi connectivity index (χ4n) is 2.52. The standard InChI is InChI=1S/C15H19N3O4S2/c1-3-12-4-5-13(23-12)24(19,20)18-9-6-11(10-18)22-15-14(21-2)16-7-8-17-15/h4-5,7-8,11H,3,6,9-10H2,1-2H3. The molecule has 1 saturated heterocycles. The van der Waals surface area contributed by atoms with Gasteiger partial charge in [0.25, 0.3) is 21.8 Å². The molecule has 9 heteroatoms. The SMILES string of the molecule is CCc1ccc(S(=O)(=O)N2CCC(Oc3nccnc3OC)C2)s1. The van der Waals surface area contributed by atoms with Crippen LogP contribution < -0.4 is 9.47 Å². The Labute approximate surface area is 145 Å². The molecule has 1 aliphatic heterocycles. The first-order valence-corrected chi connectivity index (χ1v) is 9.90. The highest BCUT2D eigenvalue weighted by Crippen LogP contribution is 2.29. The fourth-order valence-corrected chi connectivity index (χ4v) is 5.45. The first-order valence-electron chi connectivity index (χ1n) is 7.65. The highest BCUT2D eigenvalue weighted by atomic mass is 32.2. The van der Waals surface area contributed by atoms with Crippen molar-refractivity contribution in [1.82, 2.24) is 14.3 Å². The van der Waals surface area contributed by atoms with Crippen molar-refractivity contribution >= 4 is 21.4 Å². The van der Waals surface area contributed by atoms with E-state index in [0.717, 1.165) is 11.3 Å². The number of aromatic nitrogens is 2. The Morgan fingerprint density at radius 3 is 2.71 bits per heavy atom. The third kappa shape index (κ3) is 3.38. The molecule has 3 heterocycles. The summed E-state index contributed by atoms with van der Waals surface area (Å²) in [7, 11) is -1.97. The summed E-state index contributed by atoms with van der Waals surface area (Å²) in [5.41, 5.74) is 0. The maximum Gasteiger partial charge on any atom is 0.278 e. The lowest BCUT2D eigenvalue weighted by molar-refractivity contribution is 0.194. The summed E-state index contributed by atoms with van der Waals surface area (Å²) in [6.45, 7) is 2.73. The minimum Gasteiger partial charge on any atom is -0.477 e. The molecular weight excluding hydrogens is 350 g/mol. The van der Waals surface area contributed by atoms with Crippen molar-refractivity contribution in [2.24, 2.45) is 0 Å². The summed E-state index contributed by atoms with van der Waals surface area (Å²) in [4.78, 5) is 9.18. The molecule has 0 aromatic carbocycles. The van der Waals surface area contributed by atoms with Crippen LogP contribution in [0.25, 0.3) is 0 Å². The zero-order chi connectivity index (χ0) is 17.2. The molecule has 1 aliphatic rings. The van der Waals surface area contributed by atoms with E-state index in [1.807, 2.05) is 13.0 Å². The highest BCUT2D eigenvalue weighted by Gasteiger charge is 2.35. The topological polar surface area (TPSA) is 81.6 Å². The Hall–Kier alpha value is -1.71. The molecule has 0 bridgehead atoms. The van der Waals surface area contributed by atoms with Gasteiger partial charge in [-0.3, -0.25) is 0 Å². The van der Waals surface area contributed by atoms with E-state index in [1.165, 1.54) is 35.1 Å². The van der Waals surface area contributed by atoms with Crippen molar-refractivity contribution in [3.63, 3.8) is 0 Å². The molecule has 3 rings (SSSR count). The number of nitrogens with zero attached hydrogens (tertiary/aromatic N) is 3. The average Bonchev–Trinajstić information content (AvgIpc) is 3.25. The molecule has 1 fully saturated rings. The van der Waals surface area contributed by atoms with Crippen LogP contribution in [0.2, 0.25) is 0 Å². The van der Waals surface area contributed by atoms with Crippen LogP contribution in [-0.4, -0.2) is 49.0 Å². The molecule has 24 heavy (non-hydrogen) atoms. The maximum atomic E-state index is 12.7. The van der Waals surface area contributed by atoms with E-state index in [4.69, 9.17) is 9.47 Å². The minimum absolute atomic E-state index is 0.268. The summed E-state index contributed by atoms with van der Waals surface area (Å²) < 4.78 is 38.2. The van der Waals surface area contributed by atoms with Crippen LogP contribution in [0.5, 0.6) is 11.8 Å². The van der Waals surface area contributed by atoms with E-state index >= 15 is 0 Å². The average molecular weight is 369 g/mol. The van der Waals surface area contributed by atoms with Crippen LogP contribution in [0.1, 0.15) is 18.2 Å². The number of sulfonamides is 1. The molecule has 0 N–H and O–H groups in total. The molecular formula is C15H19N3O4S2. The minimum atomic E-state index is -3.46. The van der Waals surface area contributed by atoms with Crippen LogP contribution in [0.3, 0.4) is 0 Å². The number of aryl methyl sites for hydroxylation is 1. The van der Waals surface area contributed by atoms with Gasteiger partial charge in [0.1, 0.15) is 10.3 Å². The first kappa shape index (κ1) is 17.1. The number of hydrogen-bond acceptors (Lipinski definition) is 7. The van der Waals surface area contributed by atoms with Gasteiger partial charge in [0.05, 0.1) is 13.7 Å². The molecule has 7 nitrogen and oxygen atoms in total. The van der Waals surface area contributed by atoms with Gasteiger partial charge in [-0.15, -0.1) is 11.3 Å². The van der Waals surface area contributed by atoms with Crippen LogP contribution in [0, 0.1) is 0 Å². The molecule has 0 spiro atoms. The summed E-state index contributed by atoms with van der Waals surface area (Å²) >= 11 is 1.33. The van der Waals surface area contributed by atoms with E-state index < -0.39 is 10.0 Å². The third-order valence-corrected chi connectivity index (χ3v) is 7.35. The van der Waals surface area contributed by atoms with E-state index in [-0.39, 0.29) is 12.0 Å². The van der Waals surface area contributed by atoms with Crippen molar-refractivity contribution in [3.8, 4) is 11.8 Å². The number of thiophene rings is 1. The molecule has 2 aromatic heterocycles. The van der Waals surface area contributed by atoms with Gasteiger partial charge in [0.2, 0.25) is 0 Å². The van der Waals surface area contributed by atoms with Crippen LogP contribution >= 0.6 is 11.3 Å². The van der Waals surface area contributed by atoms with Gasteiger partial charge in [-0.25, -0.2) is 18.4 Å². The largest absolute Gasteiger partial charge is 0.477 e. The second kappa shape index (κ2) is 7.04. The van der Waals surface area contributed by atoms with E-state index in [9.17, 15) is 8.42 Å². The predicted octanol–water partition coefficient (Wildman–Crippen LogP) is 1.95. The molecule has 0 aliphatic carbocycles. The monoisotopic (exact) mass is 369 g/mol. The van der Waals surface area contributed by atoms with E-state index in [2.05, 4.69) is 9.97 Å². The molecule has 0 amide bonds. The second-order valence-corrected chi connectivity index (χ2v) is 8.67. The number of rotatable bonds is 6. The van der Waals surface area contributed by atoms with Gasteiger partial charge in [-0.1, -0.05) is 6.92 Å². The lowest BCUT2D eigenvalue weighted by Gasteiger charge is -2.16. The highest BCUT2D eigenvalue weighted by molar-refractivity contribution is 7.91. The summed E-state index contributed by atoms with van der Waals surface area (Å²) in [6.07, 6.45) is 4.19. The predicted molar refractivity (Wildman–Crippen MR) is 90.1 cm³/mol. The quantitative estimate of drug-likeness (QED) is 0.774. The summed E-state index contributed by atoms with van der Waals surface area (Å²) in [5.74, 6) is 0.582. The summed E-state index contributed by atoms with van der Waals surface area (Å²) in [6, 6.07) is 3.55. The van der Waals surface area contributed by atoms with Gasteiger partial charge < -0.3 is 9.47 Å². The Balaban J connectivity index is 1.70. The first-order chi connectivity index (χ1) is 11.5. The van der Waals surface area contributed by atoms with Gasteiger partial charge in [0.15, 0.2) is 0 Å². The van der Waals surface area contributed by atoms with Gasteiger partial charge in [-0.05, 0) is 25.0 Å². The number of methoxy groups -OCH3 is 1. The van der Waals surface area contributed by atoms with Crippen molar-refractivity contribution in [2.45, 2.75) is 30.1 Å². The normalized spacial score (nSPS) is 18.7. The van der Waals surface area contributed by atoms with Crippen molar-refractivity contribution < 1.29 is 17.9 Å². The molecule has 2 aromatic rings. The van der Waals surface area contributed by atoms with Gasteiger partial charge in [-0.2, -0.15) is 4.31 Å². The fraction of sp³-hybridized carbons (Fsp3) is 0.467. The lowest BCUT2D eigenvalue weighted by Crippen LogP contribution is -2.30. The molecule has 130 valence electrons. The van der Waals surface area contributed by atoms with Crippen LogP contribution in [0.4, 0.5) is 0 Å².